The summed E-state index contributed by atoms with van der Waals surface area (Å²) in [5, 5.41) is 3.05. The molecule has 2 aliphatic rings. The molecule has 7 heteroatoms. The van der Waals surface area contributed by atoms with Crippen LogP contribution in [0, 0.1) is 5.92 Å². The summed E-state index contributed by atoms with van der Waals surface area (Å²) in [6.07, 6.45) is 9.11. The Kier molecular flexibility index (Phi) is 4.56. The highest BCUT2D eigenvalue weighted by atomic mass is 16.6. The summed E-state index contributed by atoms with van der Waals surface area (Å²) < 4.78 is 7.45. The van der Waals surface area contributed by atoms with Gasteiger partial charge >= 0.3 is 6.09 Å². The number of fused-ring (bicyclic) bond motifs is 1. The van der Waals surface area contributed by atoms with Crippen LogP contribution in [0.4, 0.5) is 4.79 Å². The normalized spacial score (nSPS) is 24.4. The van der Waals surface area contributed by atoms with Crippen LogP contribution in [-0.4, -0.2) is 50.5 Å². The first kappa shape index (κ1) is 18.8. The Morgan fingerprint density at radius 2 is 2.14 bits per heavy atom. The molecule has 1 N–H and O–H groups in total. The number of hydrogen-bond donors (Lipinski definition) is 1. The van der Waals surface area contributed by atoms with Crippen LogP contribution in [0.1, 0.15) is 56.8 Å². The Labute approximate surface area is 165 Å². The molecule has 0 aromatic carbocycles. The summed E-state index contributed by atoms with van der Waals surface area (Å²) in [4.78, 5) is 31.4. The summed E-state index contributed by atoms with van der Waals surface area (Å²) >= 11 is 0. The van der Waals surface area contributed by atoms with Crippen LogP contribution in [0.3, 0.4) is 0 Å². The van der Waals surface area contributed by atoms with E-state index in [1.165, 1.54) is 0 Å². The molecule has 1 aliphatic heterocycles. The molecule has 4 rings (SSSR count). The van der Waals surface area contributed by atoms with Crippen LogP contribution < -0.4 is 5.32 Å². The number of likely N-dealkylation sites (tertiary alicyclic amines) is 1. The monoisotopic (exact) mass is 384 g/mol. The lowest BCUT2D eigenvalue weighted by atomic mass is 9.98. The molecular weight excluding hydrogens is 356 g/mol. The predicted molar refractivity (Wildman–Crippen MR) is 105 cm³/mol. The van der Waals surface area contributed by atoms with Crippen LogP contribution in [-0.2, 0) is 4.74 Å². The second-order valence-electron chi connectivity index (χ2n) is 8.91. The Hall–Kier alpha value is -2.57. The Morgan fingerprint density at radius 1 is 1.32 bits per heavy atom. The van der Waals surface area contributed by atoms with Crippen molar-refractivity contribution in [2.45, 2.75) is 57.6 Å². The average molecular weight is 384 g/mol. The molecule has 2 atom stereocenters. The molecule has 2 fully saturated rings. The summed E-state index contributed by atoms with van der Waals surface area (Å²) in [5.74, 6) is 0.179. The highest BCUT2D eigenvalue weighted by molar-refractivity contribution is 5.94. The highest BCUT2D eigenvalue weighted by Gasteiger charge is 2.60. The van der Waals surface area contributed by atoms with E-state index in [0.717, 1.165) is 37.9 Å². The van der Waals surface area contributed by atoms with Gasteiger partial charge in [0.15, 0.2) is 0 Å². The van der Waals surface area contributed by atoms with Gasteiger partial charge in [0, 0.05) is 37.6 Å². The third-order valence-corrected chi connectivity index (χ3v) is 5.75. The lowest BCUT2D eigenvalue weighted by molar-refractivity contribution is 0.00325. The highest BCUT2D eigenvalue weighted by Crippen LogP contribution is 2.54. The van der Waals surface area contributed by atoms with Crippen LogP contribution in [0.2, 0.25) is 0 Å². The first-order valence-electron chi connectivity index (χ1n) is 10.0. The van der Waals surface area contributed by atoms with Gasteiger partial charge in [-0.1, -0.05) is 0 Å². The average Bonchev–Trinajstić information content (AvgIpc) is 3.10. The molecule has 1 aliphatic carbocycles. The Bertz CT molecular complexity index is 900. The number of carbonyl (C=O) groups excluding carboxylic acids is 2. The number of rotatable bonds is 3. The van der Waals surface area contributed by atoms with Crippen molar-refractivity contribution in [1.29, 1.82) is 0 Å². The first-order valence-corrected chi connectivity index (χ1v) is 10.0. The fourth-order valence-electron chi connectivity index (χ4n) is 4.29. The molecule has 3 heterocycles. The van der Waals surface area contributed by atoms with Gasteiger partial charge < -0.3 is 19.4 Å². The van der Waals surface area contributed by atoms with Crippen molar-refractivity contribution in [3.05, 3.63) is 36.3 Å². The fourth-order valence-corrected chi connectivity index (χ4v) is 4.29. The minimum absolute atomic E-state index is 0.0997. The number of nitrogens with zero attached hydrogens (tertiary/aromatic N) is 3. The van der Waals surface area contributed by atoms with Gasteiger partial charge in [0.1, 0.15) is 11.2 Å². The van der Waals surface area contributed by atoms with Gasteiger partial charge in [-0.25, -0.2) is 9.78 Å². The van der Waals surface area contributed by atoms with E-state index in [9.17, 15) is 9.59 Å². The largest absolute Gasteiger partial charge is 0.444 e. The van der Waals surface area contributed by atoms with Crippen LogP contribution >= 0.6 is 0 Å². The maximum absolute atomic E-state index is 12.7. The molecule has 150 valence electrons. The van der Waals surface area contributed by atoms with E-state index < -0.39 is 5.60 Å². The second-order valence-corrected chi connectivity index (χ2v) is 8.91. The number of imidazole rings is 1. The summed E-state index contributed by atoms with van der Waals surface area (Å²) in [6.45, 7) is 6.98. The van der Waals surface area contributed by atoms with Gasteiger partial charge in [-0.05, 0) is 58.6 Å². The fraction of sp³-hybridized carbons (Fsp3) is 0.571. The third-order valence-electron chi connectivity index (χ3n) is 5.75. The predicted octanol–water partition coefficient (Wildman–Crippen LogP) is 3.24. The van der Waals surface area contributed by atoms with Crippen molar-refractivity contribution < 1.29 is 14.3 Å². The number of carbonyl (C=O) groups is 2. The molecule has 1 saturated heterocycles. The van der Waals surface area contributed by atoms with Crippen molar-refractivity contribution in [2.75, 3.05) is 13.1 Å². The zero-order chi connectivity index (χ0) is 19.9. The van der Waals surface area contributed by atoms with Gasteiger partial charge in [-0.15, -0.1) is 0 Å². The van der Waals surface area contributed by atoms with Crippen molar-refractivity contribution in [3.8, 4) is 0 Å². The van der Waals surface area contributed by atoms with Crippen molar-refractivity contribution >= 4 is 17.6 Å². The van der Waals surface area contributed by atoms with E-state index in [1.807, 2.05) is 42.3 Å². The van der Waals surface area contributed by atoms with E-state index in [-0.39, 0.29) is 23.5 Å². The Morgan fingerprint density at radius 3 is 2.93 bits per heavy atom. The molecule has 1 spiro atoms. The number of pyridine rings is 1. The molecule has 7 nitrogen and oxygen atoms in total. The number of piperidine rings is 1. The van der Waals surface area contributed by atoms with E-state index >= 15 is 0 Å². The van der Waals surface area contributed by atoms with Crippen LogP contribution in [0.15, 0.2) is 30.7 Å². The van der Waals surface area contributed by atoms with Gasteiger partial charge in [-0.3, -0.25) is 4.79 Å². The molecule has 2 aromatic rings. The lowest BCUT2D eigenvalue weighted by Gasteiger charge is -2.38. The van der Waals surface area contributed by atoms with Gasteiger partial charge in [0.25, 0.3) is 5.91 Å². The Balaban J connectivity index is 1.39. The number of nitrogens with one attached hydrogen (secondary N) is 1. The van der Waals surface area contributed by atoms with Gasteiger partial charge in [-0.2, -0.15) is 0 Å². The SMILES string of the molecule is CC(C)(C)OC(=O)N1CCCCC12CC2CNC(=O)c1ccc2nccn2c1. The minimum Gasteiger partial charge on any atom is -0.444 e. The summed E-state index contributed by atoms with van der Waals surface area (Å²) in [6, 6.07) is 3.62. The minimum atomic E-state index is -0.500. The maximum Gasteiger partial charge on any atom is 0.410 e. The molecule has 2 amide bonds. The van der Waals surface area contributed by atoms with E-state index in [0.29, 0.717) is 12.1 Å². The second kappa shape index (κ2) is 6.79. The van der Waals surface area contributed by atoms with Gasteiger partial charge in [0.05, 0.1) is 11.1 Å². The van der Waals surface area contributed by atoms with Crippen molar-refractivity contribution in [1.82, 2.24) is 19.6 Å². The van der Waals surface area contributed by atoms with Gasteiger partial charge in [0.2, 0.25) is 0 Å². The zero-order valence-electron chi connectivity index (χ0n) is 16.8. The van der Waals surface area contributed by atoms with E-state index in [4.69, 9.17) is 4.74 Å². The van der Waals surface area contributed by atoms with Crippen molar-refractivity contribution in [3.63, 3.8) is 0 Å². The summed E-state index contributed by atoms with van der Waals surface area (Å²) in [5.41, 5.74) is 0.767. The quantitative estimate of drug-likeness (QED) is 0.881. The smallest absolute Gasteiger partial charge is 0.410 e. The molecule has 2 unspecified atom stereocenters. The number of hydrogen-bond acceptors (Lipinski definition) is 4. The molecule has 2 aromatic heterocycles. The van der Waals surface area contributed by atoms with E-state index in [2.05, 4.69) is 10.3 Å². The topological polar surface area (TPSA) is 75.9 Å². The molecule has 28 heavy (non-hydrogen) atoms. The summed E-state index contributed by atoms with van der Waals surface area (Å²) in [7, 11) is 0. The molecule has 1 saturated carbocycles. The molecular formula is C21H28N4O3. The maximum atomic E-state index is 12.7. The standard InChI is InChI=1S/C21H28N4O3/c1-20(2,3)28-19(27)25-10-5-4-8-21(25)12-16(21)13-23-18(26)15-6-7-17-22-9-11-24(17)14-15/h6-7,9,11,14,16H,4-5,8,10,12-13H2,1-3H3,(H,23,26). The first-order chi connectivity index (χ1) is 13.3. The number of aromatic nitrogens is 2. The lowest BCUT2D eigenvalue weighted by Crippen LogP contribution is -2.49. The van der Waals surface area contributed by atoms with Crippen LogP contribution in [0.5, 0.6) is 0 Å². The zero-order valence-corrected chi connectivity index (χ0v) is 16.8. The molecule has 0 bridgehead atoms. The number of ether oxygens (including phenoxy) is 1. The van der Waals surface area contributed by atoms with Crippen LogP contribution in [0.25, 0.3) is 5.65 Å². The molecule has 0 radical (unpaired) electrons. The van der Waals surface area contributed by atoms with Crippen molar-refractivity contribution in [2.24, 2.45) is 5.92 Å². The number of amides is 2. The van der Waals surface area contributed by atoms with E-state index in [1.54, 1.807) is 18.5 Å². The third kappa shape index (κ3) is 3.57.